The van der Waals surface area contributed by atoms with Gasteiger partial charge in [0.05, 0.1) is 18.3 Å². The molecule has 0 radical (unpaired) electrons. The number of hydrogen-bond donors (Lipinski definition) is 0. The average molecular weight is 311 g/mol. The maximum atomic E-state index is 5.90. The van der Waals surface area contributed by atoms with Gasteiger partial charge in [-0.15, -0.1) is 12.4 Å². The Morgan fingerprint density at radius 1 is 1.24 bits per heavy atom. The van der Waals surface area contributed by atoms with Crippen LogP contribution in [-0.4, -0.2) is 20.3 Å². The summed E-state index contributed by atoms with van der Waals surface area (Å²) in [5.41, 5.74) is 2.25. The number of aryl methyl sites for hydroxylation is 1. The highest BCUT2D eigenvalue weighted by Crippen LogP contribution is 2.35. The minimum atomic E-state index is 0. The van der Waals surface area contributed by atoms with Crippen molar-refractivity contribution < 1.29 is 13.9 Å². The van der Waals surface area contributed by atoms with Gasteiger partial charge in [-0.2, -0.15) is 0 Å². The molecule has 1 aliphatic rings. The van der Waals surface area contributed by atoms with Crippen molar-refractivity contribution in [1.82, 2.24) is 0 Å². The van der Waals surface area contributed by atoms with Gasteiger partial charge >= 0.3 is 0 Å². The second-order valence-corrected chi connectivity index (χ2v) is 5.60. The summed E-state index contributed by atoms with van der Waals surface area (Å²) in [6, 6.07) is 6.30. The summed E-state index contributed by atoms with van der Waals surface area (Å²) < 4.78 is 16.5. The van der Waals surface area contributed by atoms with E-state index in [4.69, 9.17) is 13.9 Å². The van der Waals surface area contributed by atoms with E-state index in [1.54, 1.807) is 13.4 Å². The van der Waals surface area contributed by atoms with E-state index in [-0.39, 0.29) is 12.4 Å². The average Bonchev–Trinajstić information content (AvgIpc) is 3.17. The van der Waals surface area contributed by atoms with E-state index in [9.17, 15) is 0 Å². The summed E-state index contributed by atoms with van der Waals surface area (Å²) in [4.78, 5) is 0. The summed E-state index contributed by atoms with van der Waals surface area (Å²) in [7, 11) is 1.72. The number of rotatable bonds is 8. The molecule has 0 spiro atoms. The Kier molecular flexibility index (Phi) is 5.95. The van der Waals surface area contributed by atoms with Crippen LogP contribution in [0.5, 0.6) is 5.75 Å². The fourth-order valence-corrected chi connectivity index (χ4v) is 2.52. The quantitative estimate of drug-likeness (QED) is 0.667. The van der Waals surface area contributed by atoms with Crippen LogP contribution >= 0.6 is 12.4 Å². The van der Waals surface area contributed by atoms with Crippen LogP contribution in [0.15, 0.2) is 28.9 Å². The molecule has 0 bridgehead atoms. The third-order valence-corrected chi connectivity index (χ3v) is 3.88. The van der Waals surface area contributed by atoms with Crippen molar-refractivity contribution in [3.63, 3.8) is 0 Å². The van der Waals surface area contributed by atoms with Crippen LogP contribution in [0.3, 0.4) is 0 Å². The van der Waals surface area contributed by atoms with Crippen molar-refractivity contribution in [2.24, 2.45) is 5.92 Å². The van der Waals surface area contributed by atoms with Gasteiger partial charge in [-0.05, 0) is 42.5 Å². The molecule has 4 heteroatoms. The fourth-order valence-electron chi connectivity index (χ4n) is 2.52. The van der Waals surface area contributed by atoms with Gasteiger partial charge in [0.1, 0.15) is 11.3 Å². The zero-order chi connectivity index (χ0) is 13.8. The fraction of sp³-hybridized carbons (Fsp3) is 0.529. The first-order valence-electron chi connectivity index (χ1n) is 7.48. The Morgan fingerprint density at radius 3 is 2.86 bits per heavy atom. The van der Waals surface area contributed by atoms with Crippen molar-refractivity contribution in [2.45, 2.75) is 32.1 Å². The molecule has 3 nitrogen and oxygen atoms in total. The largest absolute Gasteiger partial charge is 0.493 e. The molecule has 0 amide bonds. The standard InChI is InChI=1S/C17H22O3.ClH/c1-18-8-2-9-19-16-11-14(6-5-13-3-4-13)12-17-15(16)7-10-20-17;/h7,10-13H,2-6,8-9H2,1H3;1H. The van der Waals surface area contributed by atoms with Gasteiger partial charge < -0.3 is 13.9 Å². The predicted octanol–water partition coefficient (Wildman–Crippen LogP) is 4.61. The van der Waals surface area contributed by atoms with E-state index in [2.05, 4.69) is 12.1 Å². The van der Waals surface area contributed by atoms with Crippen molar-refractivity contribution in [1.29, 1.82) is 0 Å². The van der Waals surface area contributed by atoms with Crippen LogP contribution in [-0.2, 0) is 11.2 Å². The second kappa shape index (κ2) is 7.71. The summed E-state index contributed by atoms with van der Waals surface area (Å²) in [5, 5.41) is 1.07. The summed E-state index contributed by atoms with van der Waals surface area (Å²) in [6.07, 6.45) is 7.86. The zero-order valence-corrected chi connectivity index (χ0v) is 13.3. The molecular weight excluding hydrogens is 288 g/mol. The topological polar surface area (TPSA) is 31.6 Å². The van der Waals surface area contributed by atoms with Gasteiger partial charge in [-0.3, -0.25) is 0 Å². The Morgan fingerprint density at radius 2 is 2.10 bits per heavy atom. The molecule has 0 aliphatic heterocycles. The van der Waals surface area contributed by atoms with Crippen molar-refractivity contribution in [3.05, 3.63) is 30.0 Å². The highest BCUT2D eigenvalue weighted by Gasteiger charge is 2.21. The van der Waals surface area contributed by atoms with Gasteiger partial charge in [0.2, 0.25) is 0 Å². The minimum Gasteiger partial charge on any atom is -0.493 e. The van der Waals surface area contributed by atoms with Crippen LogP contribution in [0.2, 0.25) is 0 Å². The van der Waals surface area contributed by atoms with Crippen molar-refractivity contribution in [3.8, 4) is 5.75 Å². The highest BCUT2D eigenvalue weighted by atomic mass is 35.5. The van der Waals surface area contributed by atoms with Crippen LogP contribution < -0.4 is 4.74 Å². The molecule has 1 fully saturated rings. The van der Waals surface area contributed by atoms with E-state index in [1.807, 2.05) is 6.07 Å². The van der Waals surface area contributed by atoms with Crippen LogP contribution in [0, 0.1) is 5.92 Å². The van der Waals surface area contributed by atoms with E-state index >= 15 is 0 Å². The molecule has 0 saturated heterocycles. The number of halogens is 1. The maximum Gasteiger partial charge on any atom is 0.137 e. The van der Waals surface area contributed by atoms with E-state index in [0.717, 1.165) is 42.1 Å². The molecule has 0 unspecified atom stereocenters. The molecule has 1 saturated carbocycles. The SMILES string of the molecule is COCCCOc1cc(CCC2CC2)cc2occc12.Cl. The molecule has 3 rings (SSSR count). The van der Waals surface area contributed by atoms with Gasteiger partial charge in [0.15, 0.2) is 0 Å². The Hall–Kier alpha value is -1.19. The van der Waals surface area contributed by atoms with Gasteiger partial charge in [-0.1, -0.05) is 12.8 Å². The third-order valence-electron chi connectivity index (χ3n) is 3.88. The molecule has 0 atom stereocenters. The van der Waals surface area contributed by atoms with E-state index < -0.39 is 0 Å². The lowest BCUT2D eigenvalue weighted by molar-refractivity contribution is 0.172. The monoisotopic (exact) mass is 310 g/mol. The van der Waals surface area contributed by atoms with Crippen molar-refractivity contribution >= 4 is 23.4 Å². The molecule has 0 N–H and O–H groups in total. The molecule has 1 aliphatic carbocycles. The van der Waals surface area contributed by atoms with Crippen LogP contribution in [0.25, 0.3) is 11.0 Å². The Bertz CT molecular complexity index is 560. The van der Waals surface area contributed by atoms with E-state index in [0.29, 0.717) is 6.61 Å². The van der Waals surface area contributed by atoms with Gasteiger partial charge in [0, 0.05) is 20.1 Å². The molecular formula is C17H23ClO3. The zero-order valence-electron chi connectivity index (χ0n) is 12.5. The summed E-state index contributed by atoms with van der Waals surface area (Å²) in [5.74, 6) is 1.89. The third kappa shape index (κ3) is 4.39. The first-order chi connectivity index (χ1) is 9.86. The van der Waals surface area contributed by atoms with E-state index in [1.165, 1.54) is 24.8 Å². The molecule has 2 aromatic rings. The lowest BCUT2D eigenvalue weighted by atomic mass is 10.1. The number of benzene rings is 1. The number of hydrogen-bond acceptors (Lipinski definition) is 3. The lowest BCUT2D eigenvalue weighted by Gasteiger charge is -2.09. The Labute approximate surface area is 132 Å². The van der Waals surface area contributed by atoms with Crippen molar-refractivity contribution in [2.75, 3.05) is 20.3 Å². The molecule has 1 heterocycles. The molecule has 21 heavy (non-hydrogen) atoms. The first-order valence-corrected chi connectivity index (χ1v) is 7.48. The minimum absolute atomic E-state index is 0. The van der Waals surface area contributed by atoms with Crippen LogP contribution in [0.4, 0.5) is 0 Å². The smallest absolute Gasteiger partial charge is 0.137 e. The van der Waals surface area contributed by atoms with Gasteiger partial charge in [0.25, 0.3) is 0 Å². The van der Waals surface area contributed by atoms with Gasteiger partial charge in [-0.25, -0.2) is 0 Å². The maximum absolute atomic E-state index is 5.90. The highest BCUT2D eigenvalue weighted by molar-refractivity contribution is 5.85. The normalized spacial score (nSPS) is 14.1. The predicted molar refractivity (Wildman–Crippen MR) is 86.5 cm³/mol. The second-order valence-electron chi connectivity index (χ2n) is 5.60. The molecule has 1 aromatic heterocycles. The molecule has 116 valence electrons. The lowest BCUT2D eigenvalue weighted by Crippen LogP contribution is -2.02. The number of furan rings is 1. The molecule has 1 aromatic carbocycles. The number of ether oxygens (including phenoxy) is 2. The Balaban J connectivity index is 0.00000161. The number of fused-ring (bicyclic) bond motifs is 1. The summed E-state index contributed by atoms with van der Waals surface area (Å²) in [6.45, 7) is 1.41. The summed E-state index contributed by atoms with van der Waals surface area (Å²) >= 11 is 0. The van der Waals surface area contributed by atoms with Crippen LogP contribution in [0.1, 0.15) is 31.2 Å². The first kappa shape index (κ1) is 16.2. The number of methoxy groups -OCH3 is 1.